The summed E-state index contributed by atoms with van der Waals surface area (Å²) in [5, 5.41) is 2.78. The van der Waals surface area contributed by atoms with Gasteiger partial charge < -0.3 is 10.2 Å². The highest BCUT2D eigenvalue weighted by Gasteiger charge is 2.34. The average molecular weight is 326 g/mol. The molecule has 1 aromatic carbocycles. The summed E-state index contributed by atoms with van der Waals surface area (Å²) in [7, 11) is 0. The van der Waals surface area contributed by atoms with Crippen LogP contribution in [0.4, 0.5) is 0 Å². The number of likely N-dealkylation sites (tertiary alicyclic amines) is 1. The van der Waals surface area contributed by atoms with Crippen LogP contribution in [0.25, 0.3) is 0 Å². The number of piperidine rings is 1. The Bertz CT molecular complexity index is 597. The minimum absolute atomic E-state index is 0.0617. The van der Waals surface area contributed by atoms with Crippen LogP contribution in [0.5, 0.6) is 0 Å². The lowest BCUT2D eigenvalue weighted by atomic mass is 9.89. The molecule has 1 aliphatic heterocycles. The Hall–Kier alpha value is -2.10. The molecule has 1 N–H and O–H groups in total. The highest BCUT2D eigenvalue weighted by molar-refractivity contribution is 5.94. The van der Waals surface area contributed by atoms with E-state index in [4.69, 9.17) is 0 Å². The van der Waals surface area contributed by atoms with E-state index >= 15 is 0 Å². The number of rotatable bonds is 6. The van der Waals surface area contributed by atoms with Crippen LogP contribution in [0.1, 0.15) is 41.6 Å². The van der Waals surface area contributed by atoms with Crippen LogP contribution in [-0.2, 0) is 11.2 Å². The Morgan fingerprint density at radius 2 is 1.79 bits per heavy atom. The molecule has 1 aliphatic carbocycles. The predicted octanol–water partition coefficient (Wildman–Crippen LogP) is 2.79. The van der Waals surface area contributed by atoms with Gasteiger partial charge in [0.1, 0.15) is 0 Å². The average Bonchev–Trinajstić information content (AvgIpc) is 3.45. The smallest absolute Gasteiger partial charge is 0.251 e. The second-order valence-electron chi connectivity index (χ2n) is 6.94. The number of nitrogens with zero attached hydrogens (tertiary/aromatic N) is 1. The third-order valence-electron chi connectivity index (χ3n) is 5.00. The van der Waals surface area contributed by atoms with Crippen molar-refractivity contribution in [2.24, 2.45) is 11.8 Å². The van der Waals surface area contributed by atoms with Crippen LogP contribution >= 0.6 is 0 Å². The molecule has 2 amide bonds. The summed E-state index contributed by atoms with van der Waals surface area (Å²) >= 11 is 0. The summed E-state index contributed by atoms with van der Waals surface area (Å²) in [4.78, 5) is 26.0. The molecule has 0 spiro atoms. The van der Waals surface area contributed by atoms with E-state index in [-0.39, 0.29) is 5.91 Å². The number of hydrogen-bond acceptors (Lipinski definition) is 2. The second kappa shape index (κ2) is 7.65. The van der Waals surface area contributed by atoms with Crippen LogP contribution < -0.4 is 5.32 Å². The molecule has 24 heavy (non-hydrogen) atoms. The van der Waals surface area contributed by atoms with E-state index in [9.17, 15) is 9.59 Å². The van der Waals surface area contributed by atoms with Gasteiger partial charge in [0.25, 0.3) is 5.91 Å². The van der Waals surface area contributed by atoms with Crippen molar-refractivity contribution in [2.45, 2.75) is 32.1 Å². The maximum atomic E-state index is 12.1. The van der Waals surface area contributed by atoms with E-state index in [1.165, 1.54) is 5.56 Å². The number of nitrogens with one attached hydrogen (secondary N) is 1. The fourth-order valence-electron chi connectivity index (χ4n) is 3.34. The van der Waals surface area contributed by atoms with E-state index in [0.717, 1.165) is 45.2 Å². The molecule has 0 radical (unpaired) electrons. The van der Waals surface area contributed by atoms with Crippen molar-refractivity contribution in [3.63, 3.8) is 0 Å². The summed E-state index contributed by atoms with van der Waals surface area (Å²) in [6.07, 6.45) is 7.05. The lowest BCUT2D eigenvalue weighted by Gasteiger charge is -2.32. The lowest BCUT2D eigenvalue weighted by molar-refractivity contribution is -0.133. The zero-order valence-corrected chi connectivity index (χ0v) is 14.2. The van der Waals surface area contributed by atoms with Gasteiger partial charge in [-0.15, -0.1) is 6.58 Å². The first-order chi connectivity index (χ1) is 11.7. The Morgan fingerprint density at radius 1 is 1.12 bits per heavy atom. The molecule has 0 atom stereocenters. The molecule has 4 heteroatoms. The Morgan fingerprint density at radius 3 is 2.38 bits per heavy atom. The van der Waals surface area contributed by atoms with E-state index in [0.29, 0.717) is 29.9 Å². The van der Waals surface area contributed by atoms with Gasteiger partial charge in [0.2, 0.25) is 5.91 Å². The molecule has 4 nitrogen and oxygen atoms in total. The molecular weight excluding hydrogens is 300 g/mol. The fourth-order valence-corrected chi connectivity index (χ4v) is 3.34. The van der Waals surface area contributed by atoms with Gasteiger partial charge in [-0.25, -0.2) is 0 Å². The molecule has 2 fully saturated rings. The van der Waals surface area contributed by atoms with Crippen molar-refractivity contribution in [1.82, 2.24) is 10.2 Å². The summed E-state index contributed by atoms with van der Waals surface area (Å²) in [5.41, 5.74) is 1.95. The van der Waals surface area contributed by atoms with Gasteiger partial charge in [0.05, 0.1) is 0 Å². The number of carbonyl (C=O) groups excluding carboxylic acids is 2. The molecule has 2 aliphatic rings. The lowest BCUT2D eigenvalue weighted by Crippen LogP contribution is -2.39. The molecule has 0 unspecified atom stereocenters. The number of benzene rings is 1. The van der Waals surface area contributed by atoms with E-state index in [1.807, 2.05) is 24.3 Å². The van der Waals surface area contributed by atoms with Crippen molar-refractivity contribution >= 4 is 11.8 Å². The second-order valence-corrected chi connectivity index (χ2v) is 6.94. The van der Waals surface area contributed by atoms with Gasteiger partial charge in [0.15, 0.2) is 0 Å². The number of carbonyl (C=O) groups is 2. The van der Waals surface area contributed by atoms with Gasteiger partial charge in [0, 0.05) is 31.1 Å². The standard InChI is InChI=1S/C20H26N2O2/c1-2-11-21-19(23)17-5-3-15(4-6-17)14-16-9-12-22(13-10-16)20(24)18-7-8-18/h2-6,16,18H,1,7-14H2,(H,21,23). The normalized spacial score (nSPS) is 18.2. The summed E-state index contributed by atoms with van der Waals surface area (Å²) in [6.45, 7) is 5.89. The van der Waals surface area contributed by atoms with Gasteiger partial charge in [-0.05, 0) is 55.7 Å². The molecular formula is C20H26N2O2. The first kappa shape index (κ1) is 16.7. The first-order valence-electron chi connectivity index (χ1n) is 8.94. The predicted molar refractivity (Wildman–Crippen MR) is 94.7 cm³/mol. The summed E-state index contributed by atoms with van der Waals surface area (Å²) < 4.78 is 0. The topological polar surface area (TPSA) is 49.4 Å². The molecule has 1 saturated heterocycles. The van der Waals surface area contributed by atoms with Crippen molar-refractivity contribution in [1.29, 1.82) is 0 Å². The van der Waals surface area contributed by atoms with E-state index < -0.39 is 0 Å². The Balaban J connectivity index is 1.47. The zero-order chi connectivity index (χ0) is 16.9. The summed E-state index contributed by atoms with van der Waals surface area (Å²) in [5.74, 6) is 1.28. The van der Waals surface area contributed by atoms with Gasteiger partial charge in [-0.2, -0.15) is 0 Å². The van der Waals surface area contributed by atoms with Crippen LogP contribution in [0.2, 0.25) is 0 Å². The maximum Gasteiger partial charge on any atom is 0.251 e. The van der Waals surface area contributed by atoms with Crippen molar-refractivity contribution in [3.8, 4) is 0 Å². The SMILES string of the molecule is C=CCNC(=O)c1ccc(CC2CCN(C(=O)C3CC3)CC2)cc1. The number of amides is 2. The van der Waals surface area contributed by atoms with Crippen LogP contribution in [0.15, 0.2) is 36.9 Å². The molecule has 1 aromatic rings. The zero-order valence-electron chi connectivity index (χ0n) is 14.2. The van der Waals surface area contributed by atoms with Gasteiger partial charge >= 0.3 is 0 Å². The Labute approximate surface area is 143 Å². The molecule has 128 valence electrons. The van der Waals surface area contributed by atoms with Crippen molar-refractivity contribution in [2.75, 3.05) is 19.6 Å². The fraction of sp³-hybridized carbons (Fsp3) is 0.500. The van der Waals surface area contributed by atoms with Crippen LogP contribution in [0, 0.1) is 11.8 Å². The third kappa shape index (κ3) is 4.25. The minimum Gasteiger partial charge on any atom is -0.349 e. The quantitative estimate of drug-likeness (QED) is 0.817. The monoisotopic (exact) mass is 326 g/mol. The van der Waals surface area contributed by atoms with E-state index in [1.54, 1.807) is 6.08 Å². The van der Waals surface area contributed by atoms with Crippen LogP contribution in [0.3, 0.4) is 0 Å². The Kier molecular flexibility index (Phi) is 5.34. The number of hydrogen-bond donors (Lipinski definition) is 1. The molecule has 0 bridgehead atoms. The first-order valence-corrected chi connectivity index (χ1v) is 8.94. The van der Waals surface area contributed by atoms with Gasteiger partial charge in [-0.1, -0.05) is 18.2 Å². The third-order valence-corrected chi connectivity index (χ3v) is 5.00. The largest absolute Gasteiger partial charge is 0.349 e. The minimum atomic E-state index is -0.0617. The molecule has 1 heterocycles. The van der Waals surface area contributed by atoms with E-state index in [2.05, 4.69) is 16.8 Å². The maximum absolute atomic E-state index is 12.1. The summed E-state index contributed by atoms with van der Waals surface area (Å²) in [6, 6.07) is 7.87. The van der Waals surface area contributed by atoms with Crippen LogP contribution in [-0.4, -0.2) is 36.3 Å². The van der Waals surface area contributed by atoms with Gasteiger partial charge in [-0.3, -0.25) is 9.59 Å². The molecule has 3 rings (SSSR count). The molecule has 1 saturated carbocycles. The highest BCUT2D eigenvalue weighted by Crippen LogP contribution is 2.32. The molecule has 0 aromatic heterocycles. The highest BCUT2D eigenvalue weighted by atomic mass is 16.2. The van der Waals surface area contributed by atoms with Crippen molar-refractivity contribution < 1.29 is 9.59 Å². The van der Waals surface area contributed by atoms with Crippen molar-refractivity contribution in [3.05, 3.63) is 48.0 Å².